The summed E-state index contributed by atoms with van der Waals surface area (Å²) in [7, 11) is 1.59. The Morgan fingerprint density at radius 2 is 2.11 bits per heavy atom. The molecule has 19 heavy (non-hydrogen) atoms. The van der Waals surface area contributed by atoms with Gasteiger partial charge in [-0.2, -0.15) is 0 Å². The molecule has 1 atom stereocenters. The Balaban J connectivity index is 2.42. The zero-order valence-electron chi connectivity index (χ0n) is 11.1. The summed E-state index contributed by atoms with van der Waals surface area (Å²) in [4.78, 5) is 4.13. The molecular formula is C15H17FN2O. The molecule has 3 nitrogen and oxygen atoms in total. The van der Waals surface area contributed by atoms with Gasteiger partial charge in [-0.1, -0.05) is 25.1 Å². The molecule has 1 N–H and O–H groups in total. The minimum Gasteiger partial charge on any atom is -0.495 e. The van der Waals surface area contributed by atoms with Crippen LogP contribution in [0.4, 0.5) is 4.39 Å². The molecule has 1 heterocycles. The summed E-state index contributed by atoms with van der Waals surface area (Å²) in [6.45, 7) is 2.72. The van der Waals surface area contributed by atoms with Crippen LogP contribution in [0.3, 0.4) is 0 Å². The lowest BCUT2D eigenvalue weighted by atomic mass is 9.99. The molecule has 0 radical (unpaired) electrons. The number of pyridine rings is 1. The molecule has 1 aromatic heterocycles. The number of nitrogens with zero attached hydrogens (tertiary/aromatic N) is 1. The fourth-order valence-electron chi connectivity index (χ4n) is 2.03. The van der Waals surface area contributed by atoms with Crippen molar-refractivity contribution in [2.45, 2.75) is 13.0 Å². The van der Waals surface area contributed by atoms with Crippen LogP contribution in [0.5, 0.6) is 5.75 Å². The van der Waals surface area contributed by atoms with E-state index < -0.39 is 0 Å². The van der Waals surface area contributed by atoms with Gasteiger partial charge in [0, 0.05) is 11.8 Å². The molecule has 100 valence electrons. The molecule has 0 saturated heterocycles. The van der Waals surface area contributed by atoms with Crippen LogP contribution in [-0.2, 0) is 0 Å². The van der Waals surface area contributed by atoms with Gasteiger partial charge < -0.3 is 10.1 Å². The van der Waals surface area contributed by atoms with Crippen LogP contribution in [0.1, 0.15) is 24.1 Å². The van der Waals surface area contributed by atoms with E-state index in [2.05, 4.69) is 10.3 Å². The first-order chi connectivity index (χ1) is 9.26. The number of hydrogen-bond donors (Lipinski definition) is 1. The normalized spacial score (nSPS) is 12.2. The fourth-order valence-corrected chi connectivity index (χ4v) is 2.03. The Bertz CT molecular complexity index is 545. The smallest absolute Gasteiger partial charge is 0.137 e. The number of rotatable bonds is 5. The van der Waals surface area contributed by atoms with Gasteiger partial charge in [0.25, 0.3) is 0 Å². The molecule has 2 rings (SSSR count). The van der Waals surface area contributed by atoms with Gasteiger partial charge in [0.2, 0.25) is 0 Å². The van der Waals surface area contributed by atoms with E-state index >= 15 is 0 Å². The van der Waals surface area contributed by atoms with Gasteiger partial charge in [-0.3, -0.25) is 4.98 Å². The highest BCUT2D eigenvalue weighted by molar-refractivity contribution is 5.34. The van der Waals surface area contributed by atoms with Crippen molar-refractivity contribution in [3.8, 4) is 5.75 Å². The van der Waals surface area contributed by atoms with E-state index in [0.717, 1.165) is 12.1 Å². The van der Waals surface area contributed by atoms with Gasteiger partial charge in [-0.05, 0) is 24.2 Å². The lowest BCUT2D eigenvalue weighted by Crippen LogP contribution is -2.23. The van der Waals surface area contributed by atoms with Crippen LogP contribution in [0.25, 0.3) is 0 Å². The number of halogens is 1. The Kier molecular flexibility index (Phi) is 4.47. The third-order valence-electron chi connectivity index (χ3n) is 2.93. The predicted molar refractivity (Wildman–Crippen MR) is 72.7 cm³/mol. The molecule has 2 aromatic rings. The van der Waals surface area contributed by atoms with E-state index in [4.69, 9.17) is 4.74 Å². The van der Waals surface area contributed by atoms with Crippen molar-refractivity contribution in [3.63, 3.8) is 0 Å². The third-order valence-corrected chi connectivity index (χ3v) is 2.93. The maximum Gasteiger partial charge on any atom is 0.137 e. The number of nitrogens with one attached hydrogen (secondary N) is 1. The van der Waals surface area contributed by atoms with Gasteiger partial charge in [0.15, 0.2) is 0 Å². The highest BCUT2D eigenvalue weighted by Crippen LogP contribution is 2.25. The lowest BCUT2D eigenvalue weighted by Gasteiger charge is -2.19. The summed E-state index contributed by atoms with van der Waals surface area (Å²) < 4.78 is 19.1. The molecule has 0 spiro atoms. The maximum atomic E-state index is 13.9. The summed E-state index contributed by atoms with van der Waals surface area (Å²) in [6.07, 6.45) is 3.36. The zero-order valence-corrected chi connectivity index (χ0v) is 11.1. The number of ether oxygens (including phenoxy) is 1. The first kappa shape index (κ1) is 13.5. The molecule has 0 fully saturated rings. The topological polar surface area (TPSA) is 34.2 Å². The average molecular weight is 260 g/mol. The fraction of sp³-hybridized carbons (Fsp3) is 0.267. The van der Waals surface area contributed by atoms with Gasteiger partial charge >= 0.3 is 0 Å². The second-order valence-electron chi connectivity index (χ2n) is 4.17. The van der Waals surface area contributed by atoms with E-state index in [1.165, 1.54) is 6.07 Å². The Hall–Kier alpha value is -1.94. The first-order valence-corrected chi connectivity index (χ1v) is 6.23. The van der Waals surface area contributed by atoms with Crippen LogP contribution in [0, 0.1) is 5.82 Å². The van der Waals surface area contributed by atoms with Crippen molar-refractivity contribution in [2.75, 3.05) is 13.7 Å². The van der Waals surface area contributed by atoms with Gasteiger partial charge in [-0.15, -0.1) is 0 Å². The minimum atomic E-state index is -0.228. The molecule has 0 bridgehead atoms. The second-order valence-corrected chi connectivity index (χ2v) is 4.17. The Labute approximate surface area is 112 Å². The maximum absolute atomic E-state index is 13.9. The summed E-state index contributed by atoms with van der Waals surface area (Å²) in [5.74, 6) is 0.438. The largest absolute Gasteiger partial charge is 0.495 e. The SMILES string of the molecule is CCNC(c1cncc(OC)c1)c1ccccc1F. The van der Waals surface area contributed by atoms with Crippen molar-refractivity contribution >= 4 is 0 Å². The van der Waals surface area contributed by atoms with Crippen molar-refractivity contribution < 1.29 is 9.13 Å². The molecule has 1 aromatic carbocycles. The van der Waals surface area contributed by atoms with E-state index in [1.54, 1.807) is 31.6 Å². The average Bonchev–Trinajstić information content (AvgIpc) is 2.46. The number of hydrogen-bond acceptors (Lipinski definition) is 3. The summed E-state index contributed by atoms with van der Waals surface area (Å²) in [5.41, 5.74) is 1.49. The third kappa shape index (κ3) is 3.09. The van der Waals surface area contributed by atoms with Crippen molar-refractivity contribution in [2.24, 2.45) is 0 Å². The molecule has 0 aliphatic carbocycles. The molecule has 0 saturated carbocycles. The summed E-state index contributed by atoms with van der Waals surface area (Å²) in [5, 5.41) is 3.27. The molecule has 1 unspecified atom stereocenters. The highest BCUT2D eigenvalue weighted by atomic mass is 19.1. The number of methoxy groups -OCH3 is 1. The molecule has 0 amide bonds. The Morgan fingerprint density at radius 1 is 1.32 bits per heavy atom. The van der Waals surface area contributed by atoms with Gasteiger partial charge in [-0.25, -0.2) is 4.39 Å². The van der Waals surface area contributed by atoms with Gasteiger partial charge in [0.05, 0.1) is 19.3 Å². The summed E-state index contributed by atoms with van der Waals surface area (Å²) in [6, 6.07) is 8.40. The molecule has 4 heteroatoms. The van der Waals surface area contributed by atoms with Crippen molar-refractivity contribution in [3.05, 3.63) is 59.7 Å². The zero-order chi connectivity index (χ0) is 13.7. The van der Waals surface area contributed by atoms with E-state index in [-0.39, 0.29) is 11.9 Å². The van der Waals surface area contributed by atoms with Crippen LogP contribution < -0.4 is 10.1 Å². The number of aromatic nitrogens is 1. The van der Waals surface area contributed by atoms with Gasteiger partial charge in [0.1, 0.15) is 11.6 Å². The van der Waals surface area contributed by atoms with Crippen LogP contribution in [0.2, 0.25) is 0 Å². The Morgan fingerprint density at radius 3 is 2.79 bits per heavy atom. The predicted octanol–water partition coefficient (Wildman–Crippen LogP) is 2.93. The van der Waals surface area contributed by atoms with E-state index in [9.17, 15) is 4.39 Å². The standard InChI is InChI=1S/C15H17FN2O/c1-3-18-15(13-6-4-5-7-14(13)16)11-8-12(19-2)10-17-9-11/h4-10,15,18H,3H2,1-2H3. The minimum absolute atomic E-state index is 0.226. The monoisotopic (exact) mass is 260 g/mol. The molecule has 0 aliphatic heterocycles. The van der Waals surface area contributed by atoms with E-state index in [1.807, 2.05) is 19.1 Å². The lowest BCUT2D eigenvalue weighted by molar-refractivity contribution is 0.411. The summed E-state index contributed by atoms with van der Waals surface area (Å²) >= 11 is 0. The van der Waals surface area contributed by atoms with Crippen LogP contribution >= 0.6 is 0 Å². The number of benzene rings is 1. The quantitative estimate of drug-likeness (QED) is 0.897. The first-order valence-electron chi connectivity index (χ1n) is 6.23. The second kappa shape index (κ2) is 6.29. The highest BCUT2D eigenvalue weighted by Gasteiger charge is 2.17. The van der Waals surface area contributed by atoms with E-state index in [0.29, 0.717) is 11.3 Å². The van der Waals surface area contributed by atoms with Crippen LogP contribution in [0.15, 0.2) is 42.7 Å². The van der Waals surface area contributed by atoms with Crippen molar-refractivity contribution in [1.29, 1.82) is 0 Å². The molecular weight excluding hydrogens is 243 g/mol. The van der Waals surface area contributed by atoms with Crippen LogP contribution in [-0.4, -0.2) is 18.6 Å². The van der Waals surface area contributed by atoms with Crippen molar-refractivity contribution in [1.82, 2.24) is 10.3 Å². The molecule has 0 aliphatic rings.